The molecule has 1 aliphatic rings. The van der Waals surface area contributed by atoms with Gasteiger partial charge in [-0.15, -0.1) is 0 Å². The Kier molecular flexibility index (Phi) is 3.89. The molecular weight excluding hydrogens is 386 g/mol. The van der Waals surface area contributed by atoms with Crippen molar-refractivity contribution < 1.29 is 22.8 Å². The summed E-state index contributed by atoms with van der Waals surface area (Å²) in [5.41, 5.74) is 8.07. The fourth-order valence-corrected chi connectivity index (χ4v) is 3.46. The first-order chi connectivity index (χ1) is 14.5. The van der Waals surface area contributed by atoms with E-state index in [1.165, 1.54) is 6.08 Å². The number of hydrogen-bond donors (Lipinski definition) is 1. The molecule has 30 heavy (non-hydrogen) atoms. The summed E-state index contributed by atoms with van der Waals surface area (Å²) in [4.78, 5) is 30.3. The van der Waals surface area contributed by atoms with Crippen molar-refractivity contribution in [2.75, 3.05) is 6.54 Å². The number of hydrogen-bond acceptors (Lipinski definition) is 7. The number of furan rings is 2. The molecule has 0 radical (unpaired) electrons. The van der Waals surface area contributed by atoms with Gasteiger partial charge in [0.25, 0.3) is 23.4 Å². The van der Waals surface area contributed by atoms with Gasteiger partial charge in [0.1, 0.15) is 17.0 Å². The molecule has 0 spiro atoms. The van der Waals surface area contributed by atoms with Crippen LogP contribution >= 0.6 is 0 Å². The molecule has 2 N–H and O–H groups in total. The van der Waals surface area contributed by atoms with Gasteiger partial charge in [-0.05, 0) is 37.6 Å². The second-order valence-electron chi connectivity index (χ2n) is 6.94. The normalized spacial score (nSPS) is 16.6. The third-order valence-electron chi connectivity index (χ3n) is 5.11. The van der Waals surface area contributed by atoms with Crippen molar-refractivity contribution in [2.24, 2.45) is 5.73 Å². The second kappa shape index (κ2) is 6.48. The van der Waals surface area contributed by atoms with Crippen LogP contribution in [0.1, 0.15) is 19.6 Å². The zero-order valence-electron chi connectivity index (χ0n) is 16.3. The Morgan fingerprint density at radius 3 is 2.60 bits per heavy atom. The molecule has 3 aromatic heterocycles. The molecular formula is C22H17N3O5. The largest absolute Gasteiger partial charge is 0.451 e. The van der Waals surface area contributed by atoms with Crippen molar-refractivity contribution in [1.29, 1.82) is 0 Å². The topological polar surface area (TPSA) is 116 Å². The molecule has 2 amide bonds. The third-order valence-corrected chi connectivity index (χ3v) is 5.11. The number of fused-ring (bicyclic) bond motifs is 2. The monoisotopic (exact) mass is 403 g/mol. The van der Waals surface area contributed by atoms with Crippen molar-refractivity contribution in [2.45, 2.75) is 13.8 Å². The van der Waals surface area contributed by atoms with Crippen molar-refractivity contribution >= 4 is 40.2 Å². The summed E-state index contributed by atoms with van der Waals surface area (Å²) in [7, 11) is 0. The minimum Gasteiger partial charge on any atom is -0.451 e. The van der Waals surface area contributed by atoms with E-state index in [0.29, 0.717) is 34.1 Å². The molecule has 0 unspecified atom stereocenters. The van der Waals surface area contributed by atoms with Crippen molar-refractivity contribution in [1.82, 2.24) is 9.88 Å². The number of nitrogens with zero attached hydrogens (tertiary/aromatic N) is 2. The second-order valence-corrected chi connectivity index (χ2v) is 6.94. The number of oxazole rings is 1. The lowest BCUT2D eigenvalue weighted by Crippen LogP contribution is -2.44. The van der Waals surface area contributed by atoms with Gasteiger partial charge in [-0.3, -0.25) is 14.5 Å². The molecule has 1 aliphatic heterocycles. The molecule has 1 aromatic carbocycles. The van der Waals surface area contributed by atoms with E-state index in [1.54, 1.807) is 19.9 Å². The highest BCUT2D eigenvalue weighted by Gasteiger charge is 2.33. The highest BCUT2D eigenvalue weighted by atomic mass is 16.4. The molecule has 8 heteroatoms. The molecule has 0 fully saturated rings. The highest BCUT2D eigenvalue weighted by Crippen LogP contribution is 2.32. The Morgan fingerprint density at radius 2 is 1.87 bits per heavy atom. The lowest BCUT2D eigenvalue weighted by Gasteiger charge is -2.26. The first-order valence-electron chi connectivity index (χ1n) is 9.40. The van der Waals surface area contributed by atoms with E-state index in [9.17, 15) is 9.59 Å². The molecule has 0 atom stereocenters. The smallest absolute Gasteiger partial charge is 0.276 e. The molecule has 0 saturated heterocycles. The Labute approximate surface area is 170 Å². The SMILES string of the molecule is CCN1C(=O)C(N)=C(C)/C(=C/c2cc3oc(-c4cc5ccccc5o4)nc3o2)C1=O. The predicted molar refractivity (Wildman–Crippen MR) is 109 cm³/mol. The molecule has 4 aromatic rings. The minimum absolute atomic E-state index is 0.0447. The van der Waals surface area contributed by atoms with E-state index in [-0.39, 0.29) is 18.0 Å². The molecule has 8 nitrogen and oxygen atoms in total. The van der Waals surface area contributed by atoms with Crippen LogP contribution in [0.25, 0.3) is 40.0 Å². The van der Waals surface area contributed by atoms with Gasteiger partial charge in [0.2, 0.25) is 0 Å². The Bertz CT molecular complexity index is 1330. The van der Waals surface area contributed by atoms with Crippen LogP contribution in [0.15, 0.2) is 66.5 Å². The van der Waals surface area contributed by atoms with Crippen LogP contribution in [0, 0.1) is 0 Å². The average Bonchev–Trinajstić information content (AvgIpc) is 3.42. The van der Waals surface area contributed by atoms with E-state index >= 15 is 0 Å². The predicted octanol–water partition coefficient (Wildman–Crippen LogP) is 3.84. The van der Waals surface area contributed by atoms with Crippen LogP contribution in [0.2, 0.25) is 0 Å². The molecule has 0 bridgehead atoms. The number of nitrogens with two attached hydrogens (primary N) is 1. The Morgan fingerprint density at radius 1 is 1.07 bits per heavy atom. The van der Waals surface area contributed by atoms with Crippen molar-refractivity contribution in [3.05, 3.63) is 59.0 Å². The number of likely N-dealkylation sites (N-methyl/N-ethyl adjacent to an activating group) is 1. The summed E-state index contributed by atoms with van der Waals surface area (Å²) in [6, 6.07) is 11.1. The summed E-state index contributed by atoms with van der Waals surface area (Å²) in [6.45, 7) is 3.58. The number of rotatable bonds is 3. The fraction of sp³-hybridized carbons (Fsp3) is 0.136. The average molecular weight is 403 g/mol. The first-order valence-corrected chi connectivity index (χ1v) is 9.40. The number of benzene rings is 1. The number of aromatic nitrogens is 1. The minimum atomic E-state index is -0.484. The van der Waals surface area contributed by atoms with Gasteiger partial charge in [-0.1, -0.05) is 18.2 Å². The van der Waals surface area contributed by atoms with E-state index in [2.05, 4.69) is 4.98 Å². The van der Waals surface area contributed by atoms with Crippen LogP contribution in [-0.2, 0) is 9.59 Å². The number of amides is 2. The fourth-order valence-electron chi connectivity index (χ4n) is 3.46. The van der Waals surface area contributed by atoms with Crippen LogP contribution in [-0.4, -0.2) is 28.2 Å². The van der Waals surface area contributed by atoms with E-state index < -0.39 is 11.8 Å². The van der Waals surface area contributed by atoms with Crippen LogP contribution < -0.4 is 5.73 Å². The van der Waals surface area contributed by atoms with Crippen molar-refractivity contribution in [3.63, 3.8) is 0 Å². The number of carbonyl (C=O) groups excluding carboxylic acids is 2. The van der Waals surface area contributed by atoms with Gasteiger partial charge < -0.3 is 19.0 Å². The number of para-hydroxylation sites is 1. The number of carbonyl (C=O) groups is 2. The van der Waals surface area contributed by atoms with Gasteiger partial charge in [-0.25, -0.2) is 0 Å². The van der Waals surface area contributed by atoms with Gasteiger partial charge in [-0.2, -0.15) is 4.98 Å². The molecule has 5 rings (SSSR count). The van der Waals surface area contributed by atoms with Gasteiger partial charge in [0, 0.05) is 23.6 Å². The quantitative estimate of drug-likeness (QED) is 0.408. The number of imide groups is 1. The van der Waals surface area contributed by atoms with Crippen LogP contribution in [0.5, 0.6) is 0 Å². The van der Waals surface area contributed by atoms with E-state index in [1.807, 2.05) is 30.3 Å². The molecule has 0 saturated carbocycles. The third kappa shape index (κ3) is 2.65. The Balaban J connectivity index is 1.52. The summed E-state index contributed by atoms with van der Waals surface area (Å²) in [5, 5.41) is 0.943. The van der Waals surface area contributed by atoms with E-state index in [0.717, 1.165) is 15.9 Å². The van der Waals surface area contributed by atoms with Gasteiger partial charge >= 0.3 is 0 Å². The maximum atomic E-state index is 12.7. The summed E-state index contributed by atoms with van der Waals surface area (Å²) in [6.07, 6.45) is 1.54. The van der Waals surface area contributed by atoms with Gasteiger partial charge in [0.15, 0.2) is 11.3 Å². The van der Waals surface area contributed by atoms with Crippen LogP contribution in [0.3, 0.4) is 0 Å². The summed E-state index contributed by atoms with van der Waals surface area (Å²) in [5.74, 6) is 0.263. The molecule has 150 valence electrons. The summed E-state index contributed by atoms with van der Waals surface area (Å²) >= 11 is 0. The molecule has 4 heterocycles. The standard InChI is InChI=1S/C22H17N3O5/c1-3-25-21(26)14(11(2)18(23)22(25)27)9-13-10-17-19(28-13)24-20(30-17)16-8-12-6-4-5-7-15(12)29-16/h4-10H,3,23H2,1-2H3/b14-9-. The maximum absolute atomic E-state index is 12.7. The van der Waals surface area contributed by atoms with Crippen molar-refractivity contribution in [3.8, 4) is 11.7 Å². The van der Waals surface area contributed by atoms with Gasteiger partial charge in [0.05, 0.1) is 0 Å². The lowest BCUT2D eigenvalue weighted by atomic mass is 9.98. The lowest BCUT2D eigenvalue weighted by molar-refractivity contribution is -0.140. The van der Waals surface area contributed by atoms with Crippen LogP contribution in [0.4, 0.5) is 0 Å². The summed E-state index contributed by atoms with van der Waals surface area (Å²) < 4.78 is 17.3. The zero-order valence-corrected chi connectivity index (χ0v) is 16.3. The first kappa shape index (κ1) is 18.0. The van der Waals surface area contributed by atoms with E-state index in [4.69, 9.17) is 19.0 Å². The Hall–Kier alpha value is -4.07. The highest BCUT2D eigenvalue weighted by molar-refractivity contribution is 6.17. The molecule has 0 aliphatic carbocycles. The maximum Gasteiger partial charge on any atom is 0.276 e. The zero-order chi connectivity index (χ0) is 21.0.